The van der Waals surface area contributed by atoms with Gasteiger partial charge in [0.2, 0.25) is 0 Å². The Labute approximate surface area is 171 Å². The third kappa shape index (κ3) is 6.93. The summed E-state index contributed by atoms with van der Waals surface area (Å²) in [6, 6.07) is 7.68. The number of aliphatic imine (C=N–C) groups is 1. The van der Waals surface area contributed by atoms with Crippen LogP contribution in [-0.2, 0) is 11.3 Å². The lowest BCUT2D eigenvalue weighted by Gasteiger charge is -2.34. The van der Waals surface area contributed by atoms with Crippen LogP contribution in [0.15, 0.2) is 29.3 Å². The van der Waals surface area contributed by atoms with Crippen LogP contribution >= 0.6 is 35.7 Å². The molecule has 0 aromatic heterocycles. The van der Waals surface area contributed by atoms with Crippen molar-refractivity contribution in [3.63, 3.8) is 0 Å². The van der Waals surface area contributed by atoms with E-state index < -0.39 is 6.09 Å². The summed E-state index contributed by atoms with van der Waals surface area (Å²) in [6.45, 7) is 5.01. The van der Waals surface area contributed by atoms with Crippen molar-refractivity contribution in [2.45, 2.75) is 25.1 Å². The minimum atomic E-state index is -0.463. The minimum absolute atomic E-state index is 0. The Morgan fingerprint density at radius 1 is 1.40 bits per heavy atom. The van der Waals surface area contributed by atoms with E-state index in [0.717, 1.165) is 30.4 Å². The number of thioether (sulfide) groups is 1. The van der Waals surface area contributed by atoms with E-state index in [0.29, 0.717) is 17.5 Å². The van der Waals surface area contributed by atoms with Crippen molar-refractivity contribution in [3.05, 3.63) is 29.8 Å². The van der Waals surface area contributed by atoms with Gasteiger partial charge in [-0.25, -0.2) is 4.79 Å². The van der Waals surface area contributed by atoms with Gasteiger partial charge >= 0.3 is 6.09 Å². The van der Waals surface area contributed by atoms with Crippen LogP contribution in [0.1, 0.15) is 18.9 Å². The van der Waals surface area contributed by atoms with Crippen molar-refractivity contribution in [1.29, 1.82) is 0 Å². The first-order chi connectivity index (χ1) is 11.7. The Balaban J connectivity index is 0.00000312. The average molecular weight is 478 g/mol. The molecule has 1 aromatic carbocycles. The zero-order valence-electron chi connectivity index (χ0n) is 14.9. The van der Waals surface area contributed by atoms with E-state index in [1.807, 2.05) is 43.1 Å². The molecular weight excluding hydrogens is 451 g/mol. The highest BCUT2D eigenvalue weighted by Crippen LogP contribution is 2.21. The zero-order valence-corrected chi connectivity index (χ0v) is 18.1. The number of methoxy groups -OCH3 is 1. The van der Waals surface area contributed by atoms with Crippen LogP contribution in [0.3, 0.4) is 0 Å². The lowest BCUT2D eigenvalue weighted by molar-refractivity contribution is 0.187. The van der Waals surface area contributed by atoms with Crippen molar-refractivity contribution in [2.24, 2.45) is 4.99 Å². The van der Waals surface area contributed by atoms with Crippen LogP contribution in [0.2, 0.25) is 0 Å². The van der Waals surface area contributed by atoms with Crippen molar-refractivity contribution in [2.75, 3.05) is 38.3 Å². The Morgan fingerprint density at radius 2 is 2.12 bits per heavy atom. The van der Waals surface area contributed by atoms with Gasteiger partial charge in [0.05, 0.1) is 7.11 Å². The van der Waals surface area contributed by atoms with Crippen molar-refractivity contribution >= 4 is 53.5 Å². The number of benzene rings is 1. The van der Waals surface area contributed by atoms with Crippen LogP contribution < -0.4 is 10.6 Å². The van der Waals surface area contributed by atoms with Gasteiger partial charge in [0.15, 0.2) is 5.96 Å². The molecule has 1 aromatic rings. The highest BCUT2D eigenvalue weighted by molar-refractivity contribution is 14.0. The summed E-state index contributed by atoms with van der Waals surface area (Å²) in [5, 5.41) is 6.75. The number of nitrogens with one attached hydrogen (secondary N) is 2. The Kier molecular flexibility index (Phi) is 10.0. The molecule has 1 atom stereocenters. The van der Waals surface area contributed by atoms with Crippen LogP contribution in [0, 0.1) is 0 Å². The summed E-state index contributed by atoms with van der Waals surface area (Å²) < 4.78 is 4.58. The zero-order chi connectivity index (χ0) is 17.4. The third-order valence-electron chi connectivity index (χ3n) is 3.94. The molecule has 25 heavy (non-hydrogen) atoms. The first-order valence-corrected chi connectivity index (χ1v) is 9.22. The highest BCUT2D eigenvalue weighted by Gasteiger charge is 2.21. The van der Waals surface area contributed by atoms with E-state index >= 15 is 0 Å². The second-order valence-electron chi connectivity index (χ2n) is 5.56. The maximum atomic E-state index is 11.2. The molecule has 0 aliphatic carbocycles. The fraction of sp³-hybridized carbons (Fsp3) is 0.529. The number of carbonyl (C=O) groups excluding carboxylic acids is 1. The molecule has 0 spiro atoms. The number of amides is 1. The van der Waals surface area contributed by atoms with Crippen molar-refractivity contribution < 1.29 is 9.53 Å². The number of hydrogen-bond donors (Lipinski definition) is 2. The largest absolute Gasteiger partial charge is 0.453 e. The molecule has 1 saturated heterocycles. The number of halogens is 1. The molecule has 1 fully saturated rings. The third-order valence-corrected chi connectivity index (χ3v) is 5.31. The van der Waals surface area contributed by atoms with E-state index in [1.54, 1.807) is 0 Å². The Bertz CT molecular complexity index is 568. The number of guanidine groups is 1. The first kappa shape index (κ1) is 21.9. The highest BCUT2D eigenvalue weighted by atomic mass is 127. The van der Waals surface area contributed by atoms with Gasteiger partial charge in [-0.15, -0.1) is 24.0 Å². The molecule has 1 heterocycles. The molecule has 8 heteroatoms. The number of anilines is 1. The Morgan fingerprint density at radius 3 is 2.72 bits per heavy atom. The minimum Gasteiger partial charge on any atom is -0.453 e. The lowest BCUT2D eigenvalue weighted by Crippen LogP contribution is -2.47. The van der Waals surface area contributed by atoms with E-state index in [9.17, 15) is 4.79 Å². The van der Waals surface area contributed by atoms with Crippen LogP contribution in [0.4, 0.5) is 10.5 Å². The molecule has 2 rings (SSSR count). The normalized spacial score (nSPS) is 17.5. The molecule has 1 aliphatic rings. The van der Waals surface area contributed by atoms with E-state index in [2.05, 4.69) is 32.2 Å². The molecule has 0 saturated carbocycles. The maximum absolute atomic E-state index is 11.2. The van der Waals surface area contributed by atoms with Crippen LogP contribution in [0.5, 0.6) is 0 Å². The number of hydrogen-bond acceptors (Lipinski definition) is 4. The van der Waals surface area contributed by atoms with Crippen molar-refractivity contribution in [3.8, 4) is 0 Å². The van der Waals surface area contributed by atoms with Gasteiger partial charge in [0, 0.05) is 43.4 Å². The lowest BCUT2D eigenvalue weighted by atomic mass is 10.2. The first-order valence-electron chi connectivity index (χ1n) is 8.17. The predicted molar refractivity (Wildman–Crippen MR) is 116 cm³/mol. The fourth-order valence-electron chi connectivity index (χ4n) is 2.55. The smallest absolute Gasteiger partial charge is 0.411 e. The second kappa shape index (κ2) is 11.5. The number of ether oxygens (including phenoxy) is 1. The Hall–Kier alpha value is -1.16. The van der Waals surface area contributed by atoms with Gasteiger partial charge in [0.25, 0.3) is 0 Å². The van der Waals surface area contributed by atoms with E-state index in [-0.39, 0.29) is 24.0 Å². The number of nitrogens with zero attached hydrogens (tertiary/aromatic N) is 2. The van der Waals surface area contributed by atoms with Gasteiger partial charge in [0.1, 0.15) is 0 Å². The topological polar surface area (TPSA) is 66.0 Å². The quantitative estimate of drug-likeness (QED) is 0.395. The number of rotatable bonds is 4. The van der Waals surface area contributed by atoms with Gasteiger partial charge in [-0.05, 0) is 24.1 Å². The fourth-order valence-corrected chi connectivity index (χ4v) is 3.73. The molecule has 0 bridgehead atoms. The maximum Gasteiger partial charge on any atom is 0.411 e. The van der Waals surface area contributed by atoms with Crippen LogP contribution in [-0.4, -0.2) is 55.2 Å². The molecule has 6 nitrogen and oxygen atoms in total. The summed E-state index contributed by atoms with van der Waals surface area (Å²) in [7, 11) is 3.18. The van der Waals surface area contributed by atoms with Gasteiger partial charge < -0.3 is 15.0 Å². The summed E-state index contributed by atoms with van der Waals surface area (Å²) in [5.41, 5.74) is 1.85. The SMILES string of the molecule is CCC1CN(C(=NC)NCc2ccc(NC(=O)OC)cc2)CCS1.I. The second-order valence-corrected chi connectivity index (χ2v) is 6.97. The molecule has 1 amide bonds. The van der Waals surface area contributed by atoms with Gasteiger partial charge in [-0.2, -0.15) is 11.8 Å². The summed E-state index contributed by atoms with van der Waals surface area (Å²) >= 11 is 2.05. The van der Waals surface area contributed by atoms with E-state index in [1.165, 1.54) is 13.5 Å². The summed E-state index contributed by atoms with van der Waals surface area (Å²) in [4.78, 5) is 17.9. The molecule has 2 N–H and O–H groups in total. The predicted octanol–water partition coefficient (Wildman–Crippen LogP) is 3.39. The molecule has 1 unspecified atom stereocenters. The van der Waals surface area contributed by atoms with Crippen LogP contribution in [0.25, 0.3) is 0 Å². The molecule has 140 valence electrons. The monoisotopic (exact) mass is 478 g/mol. The standard InChI is InChI=1S/C17H26N4O2S.HI/c1-4-15-12-21(9-10-24-15)16(18-2)19-11-13-5-7-14(8-6-13)20-17(22)23-3;/h5-8,15H,4,9-12H2,1-3H3,(H,18,19)(H,20,22);1H. The van der Waals surface area contributed by atoms with Gasteiger partial charge in [-0.3, -0.25) is 10.3 Å². The van der Waals surface area contributed by atoms with Gasteiger partial charge in [-0.1, -0.05) is 19.1 Å². The molecule has 1 aliphatic heterocycles. The summed E-state index contributed by atoms with van der Waals surface area (Å²) in [5.74, 6) is 2.10. The molecule has 0 radical (unpaired) electrons. The number of carbonyl (C=O) groups is 1. The summed E-state index contributed by atoms with van der Waals surface area (Å²) in [6.07, 6.45) is 0.724. The average Bonchev–Trinajstić information content (AvgIpc) is 2.63. The van der Waals surface area contributed by atoms with E-state index in [4.69, 9.17) is 0 Å². The van der Waals surface area contributed by atoms with Crippen molar-refractivity contribution in [1.82, 2.24) is 10.2 Å². The molecular formula is C17H27IN4O2S.